The smallest absolute Gasteiger partial charge is 0.329 e. The lowest BCUT2D eigenvalue weighted by molar-refractivity contribution is -0.148. The van der Waals surface area contributed by atoms with Gasteiger partial charge >= 0.3 is 11.9 Å². The fourth-order valence-corrected chi connectivity index (χ4v) is 0.226. The first-order valence-corrected chi connectivity index (χ1v) is 4.11. The Balaban J connectivity index is -0.000000200. The number of carboxylic acids is 2. The summed E-state index contributed by atoms with van der Waals surface area (Å²) < 4.78 is 4.16. The van der Waals surface area contributed by atoms with Gasteiger partial charge in [-0.3, -0.25) is 0 Å². The number of carbonyl (C=O) groups is 2. The minimum absolute atomic E-state index is 0.563. The van der Waals surface area contributed by atoms with E-state index >= 15 is 0 Å². The molecule has 0 radical (unpaired) electrons. The van der Waals surface area contributed by atoms with Crippen LogP contribution in [0.25, 0.3) is 0 Å². The molecule has 0 bridgehead atoms. The number of hydrogen-bond donors (Lipinski definition) is 2. The zero-order chi connectivity index (χ0) is 12.7. The summed E-state index contributed by atoms with van der Waals surface area (Å²) in [5.74, 6) is -2.34. The lowest BCUT2D eigenvalue weighted by Crippen LogP contribution is -2.13. The Hall–Kier alpha value is -1.62. The minimum atomic E-state index is -1.17. The Morgan fingerprint density at radius 1 is 1.07 bits per heavy atom. The maximum absolute atomic E-state index is 9.66. The number of carboxylic acid groups (broad SMARTS) is 2. The van der Waals surface area contributed by atoms with Crippen LogP contribution in [0.1, 0.15) is 13.8 Å². The third kappa shape index (κ3) is 69.5. The van der Waals surface area contributed by atoms with Gasteiger partial charge in [0.1, 0.15) is 13.2 Å². The van der Waals surface area contributed by atoms with Gasteiger partial charge in [-0.1, -0.05) is 12.2 Å². The van der Waals surface area contributed by atoms with E-state index in [9.17, 15) is 9.59 Å². The van der Waals surface area contributed by atoms with E-state index in [1.165, 1.54) is 0 Å². The lowest BCUT2D eigenvalue weighted by Gasteiger charge is -1.92. The summed E-state index contributed by atoms with van der Waals surface area (Å²) in [6, 6.07) is 0. The first kappa shape index (κ1) is 19.0. The van der Waals surface area contributed by atoms with Crippen molar-refractivity contribution in [1.82, 2.24) is 0 Å². The molecular weight excluding hydrogens is 200 g/mol. The molecule has 0 aliphatic rings. The van der Waals surface area contributed by atoms with Gasteiger partial charge < -0.3 is 14.9 Å². The molecule has 15 heavy (non-hydrogen) atoms. The van der Waals surface area contributed by atoms with E-state index in [0.717, 1.165) is 0 Å². The van der Waals surface area contributed by atoms with Crippen molar-refractivity contribution in [2.45, 2.75) is 13.8 Å². The molecule has 2 N–H and O–H groups in total. The molecule has 5 heteroatoms. The molecule has 0 rings (SSSR count). The summed E-state index contributed by atoms with van der Waals surface area (Å²) in [6.45, 7) is 9.37. The fraction of sp³-hybridized carbons (Fsp3) is 0.400. The molecule has 0 spiro atoms. The zero-order valence-electron chi connectivity index (χ0n) is 9.10. The average molecular weight is 218 g/mol. The van der Waals surface area contributed by atoms with Gasteiger partial charge in [0.05, 0.1) is 0 Å². The highest BCUT2D eigenvalue weighted by Crippen LogP contribution is 1.73. The SMILES string of the molecule is C=CC.C=CC.O=C(O)COCC(=O)O. The highest BCUT2D eigenvalue weighted by atomic mass is 16.5. The van der Waals surface area contributed by atoms with Crippen molar-refractivity contribution in [3.05, 3.63) is 25.3 Å². The Labute approximate surface area is 89.7 Å². The van der Waals surface area contributed by atoms with Gasteiger partial charge in [-0.2, -0.15) is 0 Å². The van der Waals surface area contributed by atoms with Crippen molar-refractivity contribution in [3.8, 4) is 0 Å². The van der Waals surface area contributed by atoms with E-state index in [1.807, 2.05) is 13.8 Å². The largest absolute Gasteiger partial charge is 0.480 e. The average Bonchev–Trinajstić information content (AvgIpc) is 2.05. The first-order chi connectivity index (χ1) is 6.95. The van der Waals surface area contributed by atoms with Gasteiger partial charge in [0.25, 0.3) is 0 Å². The Morgan fingerprint density at radius 2 is 1.27 bits per heavy atom. The van der Waals surface area contributed by atoms with Crippen LogP contribution in [0.15, 0.2) is 25.3 Å². The van der Waals surface area contributed by atoms with Crippen LogP contribution in [0.2, 0.25) is 0 Å². The van der Waals surface area contributed by atoms with E-state index in [1.54, 1.807) is 12.2 Å². The monoisotopic (exact) mass is 218 g/mol. The van der Waals surface area contributed by atoms with Gasteiger partial charge in [0, 0.05) is 0 Å². The molecule has 0 unspecified atom stereocenters. The maximum atomic E-state index is 9.66. The highest BCUT2D eigenvalue weighted by molar-refractivity contribution is 5.70. The van der Waals surface area contributed by atoms with Crippen molar-refractivity contribution in [1.29, 1.82) is 0 Å². The summed E-state index contributed by atoms with van der Waals surface area (Å²) in [6.07, 6.45) is 3.50. The van der Waals surface area contributed by atoms with Crippen LogP contribution < -0.4 is 0 Å². The molecule has 0 atom stereocenters. The second-order valence-electron chi connectivity index (χ2n) is 2.10. The Bertz CT molecular complexity index is 166. The number of rotatable bonds is 4. The van der Waals surface area contributed by atoms with Gasteiger partial charge in [-0.05, 0) is 13.8 Å². The van der Waals surface area contributed by atoms with Crippen LogP contribution in [0, 0.1) is 0 Å². The van der Waals surface area contributed by atoms with Gasteiger partial charge in [-0.15, -0.1) is 13.2 Å². The molecule has 0 heterocycles. The Morgan fingerprint density at radius 3 is 1.40 bits per heavy atom. The lowest BCUT2D eigenvalue weighted by atomic mass is 10.7. The van der Waals surface area contributed by atoms with Crippen molar-refractivity contribution < 1.29 is 24.5 Å². The minimum Gasteiger partial charge on any atom is -0.480 e. The molecule has 0 aromatic rings. The number of allylic oxidation sites excluding steroid dienone is 2. The van der Waals surface area contributed by atoms with E-state index in [0.29, 0.717) is 0 Å². The maximum Gasteiger partial charge on any atom is 0.329 e. The first-order valence-electron chi connectivity index (χ1n) is 4.11. The summed E-state index contributed by atoms with van der Waals surface area (Å²) in [4.78, 5) is 19.3. The molecule has 0 amide bonds. The molecule has 0 saturated heterocycles. The van der Waals surface area contributed by atoms with E-state index < -0.39 is 25.2 Å². The van der Waals surface area contributed by atoms with Crippen molar-refractivity contribution in [2.24, 2.45) is 0 Å². The predicted octanol–water partition coefficient (Wildman–Crippen LogP) is 1.56. The van der Waals surface area contributed by atoms with Crippen LogP contribution >= 0.6 is 0 Å². The molecule has 0 aliphatic carbocycles. The van der Waals surface area contributed by atoms with Crippen molar-refractivity contribution in [2.75, 3.05) is 13.2 Å². The molecular formula is C10H18O5. The van der Waals surface area contributed by atoms with Crippen molar-refractivity contribution >= 4 is 11.9 Å². The molecule has 0 saturated carbocycles. The summed E-state index contributed by atoms with van der Waals surface area (Å²) >= 11 is 0. The summed E-state index contributed by atoms with van der Waals surface area (Å²) in [5.41, 5.74) is 0. The molecule has 0 aliphatic heterocycles. The molecule has 88 valence electrons. The van der Waals surface area contributed by atoms with E-state index in [-0.39, 0.29) is 0 Å². The third-order valence-corrected chi connectivity index (χ3v) is 0.451. The van der Waals surface area contributed by atoms with Crippen molar-refractivity contribution in [3.63, 3.8) is 0 Å². The quantitative estimate of drug-likeness (QED) is 0.699. The molecule has 0 fully saturated rings. The highest BCUT2D eigenvalue weighted by Gasteiger charge is 1.98. The predicted molar refractivity (Wildman–Crippen MR) is 57.8 cm³/mol. The summed E-state index contributed by atoms with van der Waals surface area (Å²) in [7, 11) is 0. The standard InChI is InChI=1S/C4H6O5.2C3H6/c5-3(6)1-9-2-4(7)8;2*1-3-2/h1-2H2,(H,5,6)(H,7,8);2*3H,1H2,2H3. The van der Waals surface area contributed by atoms with Crippen LogP contribution in [-0.2, 0) is 14.3 Å². The number of aliphatic carboxylic acids is 2. The van der Waals surface area contributed by atoms with Gasteiger partial charge in [-0.25, -0.2) is 9.59 Å². The second kappa shape index (κ2) is 18.2. The van der Waals surface area contributed by atoms with Crippen LogP contribution in [-0.4, -0.2) is 35.4 Å². The number of ether oxygens (including phenoxy) is 1. The van der Waals surface area contributed by atoms with E-state index in [2.05, 4.69) is 17.9 Å². The zero-order valence-corrected chi connectivity index (χ0v) is 9.10. The molecule has 0 aromatic carbocycles. The second-order valence-corrected chi connectivity index (χ2v) is 2.10. The summed E-state index contributed by atoms with van der Waals surface area (Å²) in [5, 5.41) is 15.8. The van der Waals surface area contributed by atoms with Crippen LogP contribution in [0.3, 0.4) is 0 Å². The van der Waals surface area contributed by atoms with Gasteiger partial charge in [0.2, 0.25) is 0 Å². The van der Waals surface area contributed by atoms with Gasteiger partial charge in [0.15, 0.2) is 0 Å². The topological polar surface area (TPSA) is 83.8 Å². The molecule has 0 aromatic heterocycles. The number of hydrogen-bond acceptors (Lipinski definition) is 3. The Kier molecular flexibility index (Phi) is 23.1. The fourth-order valence-electron chi connectivity index (χ4n) is 0.226. The normalized spacial score (nSPS) is 7.07. The van der Waals surface area contributed by atoms with E-state index in [4.69, 9.17) is 10.2 Å². The molecule has 5 nitrogen and oxygen atoms in total. The third-order valence-electron chi connectivity index (χ3n) is 0.451. The van der Waals surface area contributed by atoms with Crippen LogP contribution in [0.5, 0.6) is 0 Å². The van der Waals surface area contributed by atoms with Crippen LogP contribution in [0.4, 0.5) is 0 Å².